The van der Waals surface area contributed by atoms with Crippen LogP contribution in [-0.2, 0) is 6.54 Å². The summed E-state index contributed by atoms with van der Waals surface area (Å²) in [6.07, 6.45) is 0. The summed E-state index contributed by atoms with van der Waals surface area (Å²) in [5.41, 5.74) is 4.24. The topological polar surface area (TPSA) is 72.7 Å². The highest BCUT2D eigenvalue weighted by molar-refractivity contribution is 7.22. The van der Waals surface area contributed by atoms with Crippen LogP contribution >= 0.6 is 11.3 Å². The summed E-state index contributed by atoms with van der Waals surface area (Å²) in [4.78, 5) is 16.9. The van der Waals surface area contributed by atoms with Crippen molar-refractivity contribution < 1.29 is 4.79 Å². The molecule has 120 valence electrons. The maximum Gasteiger partial charge on any atom is 0.257 e. The summed E-state index contributed by atoms with van der Waals surface area (Å²) in [6, 6.07) is 11.4. The van der Waals surface area contributed by atoms with Gasteiger partial charge in [-0.15, -0.1) is 5.10 Å². The molecular formula is C17H15N5OS. The molecule has 0 bridgehead atoms. The Morgan fingerprint density at radius 2 is 2.08 bits per heavy atom. The standard InChI is InChI=1S/C17H15N5OS/c1-3-22-14-7-5-11(9-13(14)20-21-22)16(23)19-17-18-12-6-4-10(2)8-15(12)24-17/h4-9H,3H2,1-2H3,(H,18,19,23). The van der Waals surface area contributed by atoms with E-state index >= 15 is 0 Å². The molecule has 0 spiro atoms. The Morgan fingerprint density at radius 3 is 2.92 bits per heavy atom. The quantitative estimate of drug-likeness (QED) is 0.620. The highest BCUT2D eigenvalue weighted by Gasteiger charge is 2.12. The molecule has 0 radical (unpaired) electrons. The molecule has 7 heteroatoms. The van der Waals surface area contributed by atoms with Crippen LogP contribution in [0.25, 0.3) is 21.3 Å². The number of rotatable bonds is 3. The molecule has 0 atom stereocenters. The Kier molecular flexibility index (Phi) is 3.50. The van der Waals surface area contributed by atoms with Crippen LogP contribution < -0.4 is 5.32 Å². The predicted octanol–water partition coefficient (Wildman–Crippen LogP) is 3.62. The minimum Gasteiger partial charge on any atom is -0.298 e. The number of hydrogen-bond acceptors (Lipinski definition) is 5. The van der Waals surface area contributed by atoms with Crippen molar-refractivity contribution in [3.05, 3.63) is 47.5 Å². The van der Waals surface area contributed by atoms with Crippen LogP contribution in [0.1, 0.15) is 22.8 Å². The van der Waals surface area contributed by atoms with E-state index in [9.17, 15) is 4.79 Å². The maximum atomic E-state index is 12.5. The van der Waals surface area contributed by atoms with E-state index in [0.717, 1.165) is 22.3 Å². The number of nitrogens with zero attached hydrogens (tertiary/aromatic N) is 4. The first-order chi connectivity index (χ1) is 11.6. The molecule has 0 saturated carbocycles. The number of anilines is 1. The molecule has 2 heterocycles. The van der Waals surface area contributed by atoms with Crippen molar-refractivity contribution in [2.24, 2.45) is 0 Å². The van der Waals surface area contributed by atoms with Gasteiger partial charge in [-0.3, -0.25) is 10.1 Å². The zero-order chi connectivity index (χ0) is 16.7. The zero-order valence-electron chi connectivity index (χ0n) is 13.3. The van der Waals surface area contributed by atoms with Gasteiger partial charge in [0.1, 0.15) is 5.52 Å². The van der Waals surface area contributed by atoms with Gasteiger partial charge in [-0.2, -0.15) is 0 Å². The first-order valence-corrected chi connectivity index (χ1v) is 8.47. The van der Waals surface area contributed by atoms with Gasteiger partial charge in [-0.05, 0) is 49.7 Å². The number of benzene rings is 2. The number of nitrogens with one attached hydrogen (secondary N) is 1. The summed E-state index contributed by atoms with van der Waals surface area (Å²) in [6.45, 7) is 4.78. The van der Waals surface area contributed by atoms with Crippen molar-refractivity contribution >= 4 is 43.6 Å². The fourth-order valence-corrected chi connectivity index (χ4v) is 3.56. The van der Waals surface area contributed by atoms with Crippen molar-refractivity contribution in [1.29, 1.82) is 0 Å². The lowest BCUT2D eigenvalue weighted by molar-refractivity contribution is 0.102. The molecule has 6 nitrogen and oxygen atoms in total. The van der Waals surface area contributed by atoms with E-state index in [1.807, 2.05) is 32.0 Å². The van der Waals surface area contributed by atoms with E-state index in [1.54, 1.807) is 16.8 Å². The summed E-state index contributed by atoms with van der Waals surface area (Å²) in [7, 11) is 0. The van der Waals surface area contributed by atoms with Gasteiger partial charge in [0.25, 0.3) is 5.91 Å². The second-order valence-electron chi connectivity index (χ2n) is 5.55. The Labute approximate surface area is 142 Å². The molecule has 0 unspecified atom stereocenters. The van der Waals surface area contributed by atoms with Crippen molar-refractivity contribution in [1.82, 2.24) is 20.0 Å². The molecule has 2 aromatic heterocycles. The summed E-state index contributed by atoms with van der Waals surface area (Å²) in [5, 5.41) is 11.6. The first kappa shape index (κ1) is 14.8. The van der Waals surface area contributed by atoms with Crippen molar-refractivity contribution in [2.75, 3.05) is 5.32 Å². The lowest BCUT2D eigenvalue weighted by Gasteiger charge is -2.02. The number of hydrogen-bond donors (Lipinski definition) is 1. The highest BCUT2D eigenvalue weighted by atomic mass is 32.1. The smallest absolute Gasteiger partial charge is 0.257 e. The minimum absolute atomic E-state index is 0.196. The number of aryl methyl sites for hydroxylation is 2. The van der Waals surface area contributed by atoms with Crippen LogP contribution in [0, 0.1) is 6.92 Å². The minimum atomic E-state index is -0.196. The SMILES string of the molecule is CCn1nnc2cc(C(=O)Nc3nc4ccc(C)cc4s3)ccc21. The Balaban J connectivity index is 1.62. The molecule has 0 aliphatic heterocycles. The first-order valence-electron chi connectivity index (χ1n) is 7.66. The third-order valence-corrected chi connectivity index (χ3v) is 4.77. The van der Waals surface area contributed by atoms with Crippen LogP contribution in [0.3, 0.4) is 0 Å². The van der Waals surface area contributed by atoms with Crippen LogP contribution in [0.4, 0.5) is 5.13 Å². The van der Waals surface area contributed by atoms with E-state index in [2.05, 4.69) is 26.7 Å². The second-order valence-corrected chi connectivity index (χ2v) is 6.58. The average Bonchev–Trinajstić information content (AvgIpc) is 3.16. The lowest BCUT2D eigenvalue weighted by Crippen LogP contribution is -2.11. The Bertz CT molecular complexity index is 1070. The molecule has 0 fully saturated rings. The number of aromatic nitrogens is 4. The third-order valence-electron chi connectivity index (χ3n) is 3.84. The molecule has 0 aliphatic rings. The number of carbonyl (C=O) groups is 1. The van der Waals surface area contributed by atoms with Crippen molar-refractivity contribution in [3.8, 4) is 0 Å². The van der Waals surface area contributed by atoms with Gasteiger partial charge in [-0.25, -0.2) is 9.67 Å². The molecule has 2 aromatic carbocycles. The van der Waals surface area contributed by atoms with Gasteiger partial charge in [0.15, 0.2) is 5.13 Å². The largest absolute Gasteiger partial charge is 0.298 e. The molecule has 24 heavy (non-hydrogen) atoms. The van der Waals surface area contributed by atoms with Crippen LogP contribution in [0.5, 0.6) is 0 Å². The fraction of sp³-hybridized carbons (Fsp3) is 0.176. The molecular weight excluding hydrogens is 322 g/mol. The van der Waals surface area contributed by atoms with Crippen molar-refractivity contribution in [2.45, 2.75) is 20.4 Å². The summed E-state index contributed by atoms with van der Waals surface area (Å²) in [5.74, 6) is -0.196. The van der Waals surface area contributed by atoms with Gasteiger partial charge >= 0.3 is 0 Å². The van der Waals surface area contributed by atoms with Crippen LogP contribution in [-0.4, -0.2) is 25.9 Å². The van der Waals surface area contributed by atoms with Crippen LogP contribution in [0.15, 0.2) is 36.4 Å². The second kappa shape index (κ2) is 5.68. The molecule has 4 aromatic rings. The van der Waals surface area contributed by atoms with E-state index in [1.165, 1.54) is 16.9 Å². The average molecular weight is 337 g/mol. The monoisotopic (exact) mass is 337 g/mol. The third kappa shape index (κ3) is 2.52. The highest BCUT2D eigenvalue weighted by Crippen LogP contribution is 2.27. The lowest BCUT2D eigenvalue weighted by atomic mass is 10.2. The molecule has 1 amide bonds. The van der Waals surface area contributed by atoms with Crippen molar-refractivity contribution in [3.63, 3.8) is 0 Å². The number of fused-ring (bicyclic) bond motifs is 2. The van der Waals surface area contributed by atoms with E-state index in [-0.39, 0.29) is 5.91 Å². The number of thiazole rings is 1. The Hall–Kier alpha value is -2.80. The zero-order valence-corrected chi connectivity index (χ0v) is 14.1. The number of amides is 1. The van der Waals surface area contributed by atoms with E-state index in [4.69, 9.17) is 0 Å². The van der Waals surface area contributed by atoms with Gasteiger partial charge in [-0.1, -0.05) is 22.6 Å². The summed E-state index contributed by atoms with van der Waals surface area (Å²) >= 11 is 1.47. The van der Waals surface area contributed by atoms with Gasteiger partial charge in [0.2, 0.25) is 0 Å². The van der Waals surface area contributed by atoms with Gasteiger partial charge < -0.3 is 0 Å². The fourth-order valence-electron chi connectivity index (χ4n) is 2.60. The summed E-state index contributed by atoms with van der Waals surface area (Å²) < 4.78 is 2.86. The normalized spacial score (nSPS) is 11.2. The molecule has 0 saturated heterocycles. The van der Waals surface area contributed by atoms with E-state index in [0.29, 0.717) is 16.2 Å². The predicted molar refractivity (Wildman–Crippen MR) is 95.5 cm³/mol. The van der Waals surface area contributed by atoms with Gasteiger partial charge in [0.05, 0.1) is 15.7 Å². The number of carbonyl (C=O) groups excluding carboxylic acids is 1. The molecule has 0 aliphatic carbocycles. The van der Waals surface area contributed by atoms with E-state index < -0.39 is 0 Å². The maximum absolute atomic E-state index is 12.5. The van der Waals surface area contributed by atoms with Crippen LogP contribution in [0.2, 0.25) is 0 Å². The molecule has 4 rings (SSSR count). The molecule has 1 N–H and O–H groups in total. The van der Waals surface area contributed by atoms with Gasteiger partial charge in [0, 0.05) is 12.1 Å². The Morgan fingerprint density at radius 1 is 1.21 bits per heavy atom.